The predicted octanol–water partition coefficient (Wildman–Crippen LogP) is 10.3. The molecule has 0 amide bonds. The minimum atomic E-state index is -0.606. The summed E-state index contributed by atoms with van der Waals surface area (Å²) in [5.41, 5.74) is 2.54. The van der Waals surface area contributed by atoms with Gasteiger partial charge in [0.15, 0.2) is 11.6 Å². The van der Waals surface area contributed by atoms with E-state index in [1.54, 1.807) is 0 Å². The van der Waals surface area contributed by atoms with Crippen LogP contribution in [0.15, 0.2) is 23.8 Å². The van der Waals surface area contributed by atoms with E-state index in [-0.39, 0.29) is 0 Å². The number of allylic oxidation sites excluding steroid dienone is 2. The molecule has 32 heavy (non-hydrogen) atoms. The number of hydrogen-bond donors (Lipinski definition) is 0. The molecule has 2 heteroatoms. The lowest BCUT2D eigenvalue weighted by Crippen LogP contribution is -2.07. The van der Waals surface area contributed by atoms with E-state index < -0.39 is 11.6 Å². The highest BCUT2D eigenvalue weighted by atomic mass is 19.2. The van der Waals surface area contributed by atoms with E-state index in [1.807, 2.05) is 12.1 Å². The highest BCUT2D eigenvalue weighted by Crippen LogP contribution is 2.30. The molecule has 0 N–H and O–H groups in total. The van der Waals surface area contributed by atoms with Gasteiger partial charge in [-0.15, -0.1) is 0 Å². The van der Waals surface area contributed by atoms with Crippen molar-refractivity contribution < 1.29 is 8.78 Å². The fourth-order valence-electron chi connectivity index (χ4n) is 5.05. The summed E-state index contributed by atoms with van der Waals surface area (Å²) in [6.07, 6.45) is 24.7. The largest absolute Gasteiger partial charge is 0.203 e. The van der Waals surface area contributed by atoms with Gasteiger partial charge in [-0.25, -0.2) is 8.78 Å². The molecular weight excluding hydrogens is 398 g/mol. The molecular formula is C30H48F2. The third-order valence-electron chi connectivity index (χ3n) is 7.34. The van der Waals surface area contributed by atoms with Crippen molar-refractivity contribution in [3.8, 4) is 0 Å². The fraction of sp³-hybridized carbons (Fsp3) is 0.733. The number of hydrogen-bond acceptors (Lipinski definition) is 0. The molecule has 1 atom stereocenters. The predicted molar refractivity (Wildman–Crippen MR) is 135 cm³/mol. The van der Waals surface area contributed by atoms with E-state index in [9.17, 15) is 8.78 Å². The second-order valence-corrected chi connectivity index (χ2v) is 10.1. The monoisotopic (exact) mass is 446 g/mol. The van der Waals surface area contributed by atoms with Gasteiger partial charge in [0, 0.05) is 0 Å². The molecule has 0 fully saturated rings. The Morgan fingerprint density at radius 1 is 0.688 bits per heavy atom. The van der Waals surface area contributed by atoms with Gasteiger partial charge in [-0.1, -0.05) is 115 Å². The average molecular weight is 447 g/mol. The lowest BCUT2D eigenvalue weighted by Gasteiger charge is -2.22. The van der Waals surface area contributed by atoms with Gasteiger partial charge in [0.2, 0.25) is 0 Å². The Balaban J connectivity index is 1.69. The van der Waals surface area contributed by atoms with Crippen LogP contribution in [0.1, 0.15) is 134 Å². The molecule has 1 unspecified atom stereocenters. The standard InChI is InChI=1S/C30H48F2/c1-3-5-7-9-11-13-15-25-17-19-26(20-18-25)21-22-28-24-23-27(29(31)30(28)32)16-14-12-10-8-6-4-2/h19,23-25H,3-18,20-22H2,1-2H3. The van der Waals surface area contributed by atoms with Crippen LogP contribution in [0.4, 0.5) is 8.78 Å². The smallest absolute Gasteiger partial charge is 0.162 e. The first-order valence-electron chi connectivity index (χ1n) is 13.8. The third-order valence-corrected chi connectivity index (χ3v) is 7.34. The Bertz CT molecular complexity index is 661. The topological polar surface area (TPSA) is 0 Å². The zero-order valence-electron chi connectivity index (χ0n) is 21.0. The summed E-state index contributed by atoms with van der Waals surface area (Å²) < 4.78 is 29.1. The normalized spacial score (nSPS) is 16.4. The van der Waals surface area contributed by atoms with Crippen LogP contribution in [0.25, 0.3) is 0 Å². The van der Waals surface area contributed by atoms with Gasteiger partial charge < -0.3 is 0 Å². The number of benzene rings is 1. The highest BCUT2D eigenvalue weighted by Gasteiger charge is 2.16. The Morgan fingerprint density at radius 2 is 1.25 bits per heavy atom. The average Bonchev–Trinajstić information content (AvgIpc) is 2.81. The number of halogens is 2. The molecule has 1 aliphatic carbocycles. The highest BCUT2D eigenvalue weighted by molar-refractivity contribution is 5.27. The molecule has 0 heterocycles. The molecule has 0 spiro atoms. The Labute approximate surface area is 197 Å². The van der Waals surface area contributed by atoms with Gasteiger partial charge >= 0.3 is 0 Å². The number of unbranched alkanes of at least 4 members (excludes halogenated alkanes) is 10. The quantitative estimate of drug-likeness (QED) is 0.165. The molecule has 0 saturated carbocycles. The lowest BCUT2D eigenvalue weighted by atomic mass is 9.84. The summed E-state index contributed by atoms with van der Waals surface area (Å²) in [7, 11) is 0. The van der Waals surface area contributed by atoms with E-state index in [1.165, 1.54) is 89.0 Å². The molecule has 1 aliphatic rings. The van der Waals surface area contributed by atoms with Crippen molar-refractivity contribution in [1.29, 1.82) is 0 Å². The number of rotatable bonds is 17. The SMILES string of the molecule is CCCCCCCCc1ccc(CCC2=CCC(CCCCCCCC)CC2)c(F)c1F. The molecule has 0 bridgehead atoms. The van der Waals surface area contributed by atoms with Crippen molar-refractivity contribution in [3.63, 3.8) is 0 Å². The van der Waals surface area contributed by atoms with E-state index >= 15 is 0 Å². The zero-order chi connectivity index (χ0) is 23.0. The van der Waals surface area contributed by atoms with Crippen molar-refractivity contribution in [2.24, 2.45) is 5.92 Å². The van der Waals surface area contributed by atoms with Crippen molar-refractivity contribution in [2.45, 2.75) is 136 Å². The fourth-order valence-corrected chi connectivity index (χ4v) is 5.05. The van der Waals surface area contributed by atoms with E-state index in [0.717, 1.165) is 31.6 Å². The summed E-state index contributed by atoms with van der Waals surface area (Å²) in [6, 6.07) is 3.65. The van der Waals surface area contributed by atoms with Crippen molar-refractivity contribution in [1.82, 2.24) is 0 Å². The molecule has 182 valence electrons. The lowest BCUT2D eigenvalue weighted by molar-refractivity contribution is 0.409. The summed E-state index contributed by atoms with van der Waals surface area (Å²) in [4.78, 5) is 0. The molecule has 0 aromatic heterocycles. The van der Waals surface area contributed by atoms with Crippen molar-refractivity contribution in [2.75, 3.05) is 0 Å². The second-order valence-electron chi connectivity index (χ2n) is 10.1. The van der Waals surface area contributed by atoms with Crippen LogP contribution in [-0.4, -0.2) is 0 Å². The summed E-state index contributed by atoms with van der Waals surface area (Å²) >= 11 is 0. The molecule has 0 radical (unpaired) electrons. The van der Waals surface area contributed by atoms with Gasteiger partial charge in [0.05, 0.1) is 0 Å². The van der Waals surface area contributed by atoms with E-state index in [2.05, 4.69) is 19.9 Å². The first-order valence-corrected chi connectivity index (χ1v) is 13.8. The van der Waals surface area contributed by atoms with Gasteiger partial charge in [-0.3, -0.25) is 0 Å². The molecule has 1 aromatic carbocycles. The van der Waals surface area contributed by atoms with Crippen LogP contribution in [0.2, 0.25) is 0 Å². The van der Waals surface area contributed by atoms with Crippen LogP contribution in [0.3, 0.4) is 0 Å². The Morgan fingerprint density at radius 3 is 1.84 bits per heavy atom. The summed E-state index contributed by atoms with van der Waals surface area (Å²) in [6.45, 7) is 4.47. The Hall–Kier alpha value is -1.18. The second kappa shape index (κ2) is 16.4. The minimum absolute atomic E-state index is 0.546. The summed E-state index contributed by atoms with van der Waals surface area (Å²) in [5, 5.41) is 0. The van der Waals surface area contributed by atoms with Crippen molar-refractivity contribution >= 4 is 0 Å². The van der Waals surface area contributed by atoms with Gasteiger partial charge in [-0.2, -0.15) is 0 Å². The Kier molecular flexibility index (Phi) is 13.9. The van der Waals surface area contributed by atoms with Gasteiger partial charge in [0.1, 0.15) is 0 Å². The van der Waals surface area contributed by atoms with Crippen LogP contribution < -0.4 is 0 Å². The number of aryl methyl sites for hydroxylation is 2. The third kappa shape index (κ3) is 10.2. The zero-order valence-corrected chi connectivity index (χ0v) is 21.0. The first-order chi connectivity index (χ1) is 15.7. The van der Waals surface area contributed by atoms with Gasteiger partial charge in [-0.05, 0) is 62.0 Å². The maximum Gasteiger partial charge on any atom is 0.162 e. The molecule has 0 nitrogen and oxygen atoms in total. The van der Waals surface area contributed by atoms with Gasteiger partial charge in [0.25, 0.3) is 0 Å². The van der Waals surface area contributed by atoms with E-state index in [4.69, 9.17) is 0 Å². The summed E-state index contributed by atoms with van der Waals surface area (Å²) in [5.74, 6) is -0.376. The molecule has 0 aliphatic heterocycles. The minimum Gasteiger partial charge on any atom is -0.203 e. The molecule has 0 saturated heterocycles. The van der Waals surface area contributed by atoms with Crippen LogP contribution in [0, 0.1) is 17.6 Å². The molecule has 1 aromatic rings. The van der Waals surface area contributed by atoms with Crippen LogP contribution in [-0.2, 0) is 12.8 Å². The van der Waals surface area contributed by atoms with Crippen LogP contribution in [0.5, 0.6) is 0 Å². The molecule has 2 rings (SSSR count). The maximum absolute atomic E-state index is 14.6. The van der Waals surface area contributed by atoms with Crippen molar-refractivity contribution in [3.05, 3.63) is 46.5 Å². The maximum atomic E-state index is 14.6. The van der Waals surface area contributed by atoms with E-state index in [0.29, 0.717) is 24.0 Å². The first kappa shape index (κ1) is 27.1. The van der Waals surface area contributed by atoms with Crippen LogP contribution >= 0.6 is 0 Å².